The lowest BCUT2D eigenvalue weighted by Gasteiger charge is -2.42. The van der Waals surface area contributed by atoms with Crippen molar-refractivity contribution in [3.8, 4) is 0 Å². The molecule has 0 spiro atoms. The van der Waals surface area contributed by atoms with Crippen molar-refractivity contribution in [1.29, 1.82) is 0 Å². The van der Waals surface area contributed by atoms with Gasteiger partial charge in [-0.1, -0.05) is 18.2 Å². The van der Waals surface area contributed by atoms with E-state index in [1.165, 1.54) is 18.2 Å². The fourth-order valence-electron chi connectivity index (χ4n) is 4.08. The molecule has 8 heteroatoms. The minimum absolute atomic E-state index is 0.0472. The van der Waals surface area contributed by atoms with E-state index < -0.39 is 10.0 Å². The second-order valence-electron chi connectivity index (χ2n) is 7.23. The summed E-state index contributed by atoms with van der Waals surface area (Å²) in [6.07, 6.45) is 0.943. The van der Waals surface area contributed by atoms with E-state index in [1.807, 2.05) is 4.90 Å². The second-order valence-corrected chi connectivity index (χ2v) is 8.91. The van der Waals surface area contributed by atoms with Crippen molar-refractivity contribution in [2.75, 3.05) is 17.8 Å². The molecule has 1 aromatic carbocycles. The van der Waals surface area contributed by atoms with Crippen molar-refractivity contribution in [2.45, 2.75) is 30.7 Å². The summed E-state index contributed by atoms with van der Waals surface area (Å²) >= 11 is 0. The first kappa shape index (κ1) is 17.8. The number of likely N-dealkylation sites (tertiary alicyclic amines) is 1. The molecule has 2 atom stereocenters. The number of carbonyl (C=O) groups excluding carboxylic acids is 1. The Morgan fingerprint density at radius 3 is 2.52 bits per heavy atom. The van der Waals surface area contributed by atoms with E-state index in [9.17, 15) is 18.0 Å². The van der Waals surface area contributed by atoms with Gasteiger partial charge in [0.25, 0.3) is 15.6 Å². The quantitative estimate of drug-likeness (QED) is 0.867. The Kier molecular flexibility index (Phi) is 4.30. The molecule has 1 aromatic heterocycles. The highest BCUT2D eigenvalue weighted by molar-refractivity contribution is 7.92. The lowest BCUT2D eigenvalue weighted by Crippen LogP contribution is -2.48. The normalized spacial score (nSPS) is 21.4. The summed E-state index contributed by atoms with van der Waals surface area (Å²) in [5.41, 5.74) is 0.578. The van der Waals surface area contributed by atoms with Crippen molar-refractivity contribution in [3.63, 3.8) is 0 Å². The lowest BCUT2D eigenvalue weighted by molar-refractivity contribution is -0.131. The molecule has 2 aliphatic rings. The van der Waals surface area contributed by atoms with Crippen LogP contribution in [-0.2, 0) is 21.4 Å². The van der Waals surface area contributed by atoms with Gasteiger partial charge in [0, 0.05) is 38.2 Å². The number of hydrogen-bond acceptors (Lipinski definition) is 4. The summed E-state index contributed by atoms with van der Waals surface area (Å²) in [5.74, 6) is 0.362. The summed E-state index contributed by atoms with van der Waals surface area (Å²) in [4.78, 5) is 26.6. The Morgan fingerprint density at radius 1 is 1.07 bits per heavy atom. The average molecular weight is 387 g/mol. The van der Waals surface area contributed by atoms with Gasteiger partial charge in [-0.05, 0) is 36.6 Å². The second kappa shape index (κ2) is 6.53. The number of carbonyl (C=O) groups is 1. The van der Waals surface area contributed by atoms with Gasteiger partial charge in [0.1, 0.15) is 5.69 Å². The zero-order valence-corrected chi connectivity index (χ0v) is 15.8. The van der Waals surface area contributed by atoms with Crippen LogP contribution in [0.2, 0.25) is 0 Å². The van der Waals surface area contributed by atoms with Gasteiger partial charge in [0.05, 0.1) is 4.90 Å². The largest absolute Gasteiger partial charge is 0.342 e. The molecule has 1 saturated heterocycles. The van der Waals surface area contributed by atoms with Gasteiger partial charge in [0.2, 0.25) is 5.91 Å². The van der Waals surface area contributed by atoms with Crippen LogP contribution in [0.4, 0.5) is 5.69 Å². The molecular weight excluding hydrogens is 366 g/mol. The Balaban J connectivity index is 1.67. The molecule has 1 amide bonds. The monoisotopic (exact) mass is 387 g/mol. The molecule has 2 aliphatic heterocycles. The molecule has 1 N–H and O–H groups in total. The highest BCUT2D eigenvalue weighted by Crippen LogP contribution is 2.35. The number of benzene rings is 1. The number of rotatable bonds is 3. The molecule has 2 bridgehead atoms. The Bertz CT molecular complexity index is 1050. The third-order valence-corrected chi connectivity index (χ3v) is 6.73. The van der Waals surface area contributed by atoms with Crippen molar-refractivity contribution in [2.24, 2.45) is 5.92 Å². The van der Waals surface area contributed by atoms with Gasteiger partial charge in [0.15, 0.2) is 0 Å². The van der Waals surface area contributed by atoms with Crippen molar-refractivity contribution in [3.05, 3.63) is 58.5 Å². The molecule has 2 aromatic rings. The molecule has 0 saturated carbocycles. The third-order valence-electron chi connectivity index (χ3n) is 5.35. The lowest BCUT2D eigenvalue weighted by atomic mass is 9.83. The summed E-state index contributed by atoms with van der Waals surface area (Å²) < 4.78 is 29.2. The first-order valence-electron chi connectivity index (χ1n) is 8.92. The van der Waals surface area contributed by atoms with Gasteiger partial charge < -0.3 is 9.47 Å². The van der Waals surface area contributed by atoms with Crippen LogP contribution in [0.1, 0.15) is 25.0 Å². The fraction of sp³-hybridized carbons (Fsp3) is 0.368. The summed E-state index contributed by atoms with van der Waals surface area (Å²) in [7, 11) is -3.82. The molecule has 142 valence electrons. The fourth-order valence-corrected chi connectivity index (χ4v) is 5.16. The minimum Gasteiger partial charge on any atom is -0.342 e. The number of pyridine rings is 1. The van der Waals surface area contributed by atoms with Crippen LogP contribution in [0, 0.1) is 5.92 Å². The van der Waals surface area contributed by atoms with Crippen LogP contribution >= 0.6 is 0 Å². The van der Waals surface area contributed by atoms with Crippen molar-refractivity contribution >= 4 is 21.6 Å². The predicted octanol–water partition coefficient (Wildman–Crippen LogP) is 1.61. The third kappa shape index (κ3) is 3.25. The highest BCUT2D eigenvalue weighted by atomic mass is 32.2. The van der Waals surface area contributed by atoms with Crippen molar-refractivity contribution in [1.82, 2.24) is 9.47 Å². The zero-order chi connectivity index (χ0) is 19.2. The Morgan fingerprint density at radius 2 is 1.81 bits per heavy atom. The number of nitrogens with one attached hydrogen (secondary N) is 1. The smallest absolute Gasteiger partial charge is 0.275 e. The molecule has 7 nitrogen and oxygen atoms in total. The van der Waals surface area contributed by atoms with E-state index in [0.717, 1.165) is 12.1 Å². The number of hydrogen-bond donors (Lipinski definition) is 1. The van der Waals surface area contributed by atoms with Gasteiger partial charge >= 0.3 is 0 Å². The van der Waals surface area contributed by atoms with Crippen LogP contribution in [0.25, 0.3) is 0 Å². The van der Waals surface area contributed by atoms with E-state index in [-0.39, 0.29) is 33.9 Å². The van der Waals surface area contributed by atoms with Crippen LogP contribution in [0.3, 0.4) is 0 Å². The van der Waals surface area contributed by atoms with Crippen LogP contribution in [0.15, 0.2) is 52.2 Å². The number of anilines is 1. The molecule has 4 rings (SSSR count). The van der Waals surface area contributed by atoms with Crippen LogP contribution in [-0.4, -0.2) is 36.9 Å². The van der Waals surface area contributed by atoms with E-state index in [1.54, 1.807) is 35.8 Å². The van der Waals surface area contributed by atoms with Gasteiger partial charge in [-0.15, -0.1) is 0 Å². The topological polar surface area (TPSA) is 88.5 Å². The predicted molar refractivity (Wildman–Crippen MR) is 101 cm³/mol. The number of sulfonamides is 1. The standard InChI is InChI=1S/C19H21N3O4S/c1-13(23)21-10-14-9-15(12-21)18-8-7-17(19(24)22(18)11-14)20-27(25,26)16-5-3-2-4-6-16/h2-8,14-15,20H,9-12H2,1H3/t14-,15+/m0/s1. The number of fused-ring (bicyclic) bond motifs is 4. The number of amides is 1. The molecule has 0 radical (unpaired) electrons. The number of aromatic nitrogens is 1. The highest BCUT2D eigenvalue weighted by Gasteiger charge is 2.36. The van der Waals surface area contributed by atoms with E-state index in [2.05, 4.69) is 4.72 Å². The van der Waals surface area contributed by atoms with E-state index >= 15 is 0 Å². The maximum Gasteiger partial charge on any atom is 0.275 e. The van der Waals surface area contributed by atoms with Gasteiger partial charge in [-0.2, -0.15) is 0 Å². The Labute approximate surface area is 157 Å². The van der Waals surface area contributed by atoms with Crippen molar-refractivity contribution < 1.29 is 13.2 Å². The number of nitrogens with zero attached hydrogens (tertiary/aromatic N) is 2. The zero-order valence-electron chi connectivity index (χ0n) is 15.0. The van der Waals surface area contributed by atoms with Gasteiger partial charge in [-0.3, -0.25) is 14.3 Å². The summed E-state index contributed by atoms with van der Waals surface area (Å²) in [6, 6.07) is 11.3. The maximum absolute atomic E-state index is 12.9. The molecule has 3 heterocycles. The van der Waals surface area contributed by atoms with Crippen LogP contribution < -0.4 is 10.3 Å². The number of piperidine rings is 1. The SMILES string of the molecule is CC(=O)N1C[C@@H]2C[C@H](C1)c1ccc(NS(=O)(=O)c3ccccc3)c(=O)n1C2. The summed E-state index contributed by atoms with van der Waals surface area (Å²) in [6.45, 7) is 3.29. The maximum atomic E-state index is 12.9. The molecular formula is C19H21N3O4S. The van der Waals surface area contributed by atoms with E-state index in [0.29, 0.717) is 19.6 Å². The minimum atomic E-state index is -3.82. The van der Waals surface area contributed by atoms with Gasteiger partial charge in [-0.25, -0.2) is 8.42 Å². The Hall–Kier alpha value is -2.61. The molecule has 27 heavy (non-hydrogen) atoms. The molecule has 0 unspecified atom stereocenters. The summed E-state index contributed by atoms with van der Waals surface area (Å²) in [5, 5.41) is 0. The molecule has 1 fully saturated rings. The van der Waals surface area contributed by atoms with Crippen LogP contribution in [0.5, 0.6) is 0 Å². The first-order valence-corrected chi connectivity index (χ1v) is 10.4. The first-order chi connectivity index (χ1) is 12.8. The molecule has 0 aliphatic carbocycles. The van der Waals surface area contributed by atoms with E-state index in [4.69, 9.17) is 0 Å². The average Bonchev–Trinajstić information content (AvgIpc) is 2.65.